The van der Waals surface area contributed by atoms with Crippen molar-refractivity contribution in [2.24, 2.45) is 28.6 Å². The first-order chi connectivity index (χ1) is 13.2. The molecule has 29 heavy (non-hydrogen) atoms. The fourth-order valence-electron chi connectivity index (χ4n) is 8.56. The number of aliphatic hydroxyl groups is 4. The van der Waals surface area contributed by atoms with E-state index < -0.39 is 51.7 Å². The van der Waals surface area contributed by atoms with E-state index >= 15 is 0 Å². The van der Waals surface area contributed by atoms with E-state index in [4.69, 9.17) is 9.47 Å². The van der Waals surface area contributed by atoms with Crippen LogP contribution in [0.2, 0.25) is 0 Å². The fraction of sp³-hybridized carbons (Fsp3) is 0.955. The van der Waals surface area contributed by atoms with Crippen LogP contribution in [0.5, 0.6) is 0 Å². The molecule has 5 fully saturated rings. The lowest BCUT2D eigenvalue weighted by Crippen LogP contribution is -2.63. The molecule has 5 rings (SSSR count). The van der Waals surface area contributed by atoms with E-state index in [-0.39, 0.29) is 30.5 Å². The van der Waals surface area contributed by atoms with Crippen molar-refractivity contribution in [3.05, 3.63) is 0 Å². The first-order valence-corrected chi connectivity index (χ1v) is 10.9. The highest BCUT2D eigenvalue weighted by Gasteiger charge is 2.83. The predicted octanol–water partition coefficient (Wildman–Crippen LogP) is 0.755. The molecule has 4 saturated carbocycles. The van der Waals surface area contributed by atoms with Crippen LogP contribution in [0.25, 0.3) is 0 Å². The van der Waals surface area contributed by atoms with Crippen LogP contribution < -0.4 is 0 Å². The second-order valence-corrected chi connectivity index (χ2v) is 11.5. The molecule has 5 aliphatic rings. The molecule has 4 N–H and O–H groups in total. The highest BCUT2D eigenvalue weighted by Crippen LogP contribution is 2.73. The van der Waals surface area contributed by atoms with E-state index in [1.807, 2.05) is 13.8 Å². The summed E-state index contributed by atoms with van der Waals surface area (Å²) in [6.07, 6.45) is -0.461. The van der Waals surface area contributed by atoms with Crippen molar-refractivity contribution in [2.75, 3.05) is 0 Å². The van der Waals surface area contributed by atoms with Crippen molar-refractivity contribution in [1.29, 1.82) is 0 Å². The molecule has 0 aromatic rings. The fourth-order valence-corrected chi connectivity index (χ4v) is 8.56. The van der Waals surface area contributed by atoms with Gasteiger partial charge in [0.25, 0.3) is 0 Å². The van der Waals surface area contributed by atoms with Gasteiger partial charge >= 0.3 is 5.97 Å². The molecule has 7 heteroatoms. The van der Waals surface area contributed by atoms with Gasteiger partial charge in [0.2, 0.25) is 0 Å². The van der Waals surface area contributed by atoms with Gasteiger partial charge in [-0.1, -0.05) is 13.8 Å². The number of aliphatic hydroxyl groups excluding tert-OH is 1. The second kappa shape index (κ2) is 5.36. The summed E-state index contributed by atoms with van der Waals surface area (Å²) < 4.78 is 11.6. The zero-order valence-electron chi connectivity index (χ0n) is 17.9. The smallest absolute Gasteiger partial charge is 0.303 e. The van der Waals surface area contributed by atoms with Crippen molar-refractivity contribution in [3.63, 3.8) is 0 Å². The van der Waals surface area contributed by atoms with Crippen molar-refractivity contribution < 1.29 is 34.7 Å². The normalized spacial score (nSPS) is 61.9. The quantitative estimate of drug-likeness (QED) is 0.372. The number of epoxide rings is 1. The number of fused-ring (bicyclic) bond motifs is 4. The standard InChI is InChI=1S/C22H34O7/c1-10(23)28-13-8-21-9-19(4,25)11(16(21)24)6-7-12(21)20(5,26)15-14-17(29-14)18(2,3)22(13,15)27/h11-17,24-27H,6-9H2,1-5H3/t11-,12+,13-,14+,15+,16-,17+,19-,20-,21+,22-/m0/s1. The average Bonchev–Trinajstić information content (AvgIpc) is 3.29. The van der Waals surface area contributed by atoms with Crippen LogP contribution >= 0.6 is 0 Å². The lowest BCUT2D eigenvalue weighted by molar-refractivity contribution is -0.230. The summed E-state index contributed by atoms with van der Waals surface area (Å²) in [7, 11) is 0. The van der Waals surface area contributed by atoms with E-state index in [0.717, 1.165) is 0 Å². The Morgan fingerprint density at radius 1 is 1.10 bits per heavy atom. The minimum absolute atomic E-state index is 0.205. The first kappa shape index (κ1) is 20.2. The Labute approximate surface area is 171 Å². The molecular weight excluding hydrogens is 376 g/mol. The summed E-state index contributed by atoms with van der Waals surface area (Å²) in [4.78, 5) is 12.1. The molecule has 164 valence electrons. The maximum absolute atomic E-state index is 12.2. The van der Waals surface area contributed by atoms with Gasteiger partial charge in [0.15, 0.2) is 0 Å². The SMILES string of the molecule is CC(=O)O[C@H]1C[C@@]23C[C@](C)(O)[C@@H](CC[C@@H]2[C@](C)(O)[C@H]2[C@H]4O[C@H]4C(C)(C)[C@]12O)[C@@H]3O. The molecule has 4 aliphatic carbocycles. The summed E-state index contributed by atoms with van der Waals surface area (Å²) in [5.41, 5.74) is -5.48. The van der Waals surface area contributed by atoms with E-state index in [0.29, 0.717) is 19.3 Å². The molecular formula is C22H34O7. The van der Waals surface area contributed by atoms with Crippen molar-refractivity contribution in [3.8, 4) is 0 Å². The molecule has 2 bridgehead atoms. The predicted molar refractivity (Wildman–Crippen MR) is 102 cm³/mol. The number of esters is 1. The van der Waals surface area contributed by atoms with Crippen molar-refractivity contribution in [2.45, 2.75) is 102 Å². The van der Waals surface area contributed by atoms with Crippen LogP contribution in [0.1, 0.15) is 60.3 Å². The molecule has 1 saturated heterocycles. The highest BCUT2D eigenvalue weighted by molar-refractivity contribution is 5.66. The van der Waals surface area contributed by atoms with E-state index in [9.17, 15) is 25.2 Å². The van der Waals surface area contributed by atoms with Crippen LogP contribution in [-0.4, -0.2) is 67.6 Å². The molecule has 7 nitrogen and oxygen atoms in total. The summed E-state index contributed by atoms with van der Waals surface area (Å²) in [6.45, 7) is 8.62. The molecule has 1 heterocycles. The number of hydrogen-bond acceptors (Lipinski definition) is 7. The number of rotatable bonds is 1. The Hall–Kier alpha value is -0.730. The van der Waals surface area contributed by atoms with Gasteiger partial charge in [0.05, 0.1) is 29.5 Å². The molecule has 11 atom stereocenters. The third-order valence-electron chi connectivity index (χ3n) is 9.69. The van der Waals surface area contributed by atoms with Gasteiger partial charge in [-0.3, -0.25) is 4.79 Å². The largest absolute Gasteiger partial charge is 0.459 e. The zero-order chi connectivity index (χ0) is 21.4. The third-order valence-corrected chi connectivity index (χ3v) is 9.69. The lowest BCUT2D eigenvalue weighted by Gasteiger charge is -2.51. The average molecular weight is 411 g/mol. The van der Waals surface area contributed by atoms with Crippen LogP contribution in [0.15, 0.2) is 0 Å². The second-order valence-electron chi connectivity index (χ2n) is 11.5. The maximum Gasteiger partial charge on any atom is 0.303 e. The minimum atomic E-state index is -1.49. The summed E-state index contributed by atoms with van der Waals surface area (Å²) >= 11 is 0. The Morgan fingerprint density at radius 2 is 1.76 bits per heavy atom. The Kier molecular flexibility index (Phi) is 3.73. The lowest BCUT2D eigenvalue weighted by atomic mass is 9.57. The topological polar surface area (TPSA) is 120 Å². The first-order valence-electron chi connectivity index (χ1n) is 10.9. The van der Waals surface area contributed by atoms with Crippen LogP contribution in [0, 0.1) is 28.6 Å². The summed E-state index contributed by atoms with van der Waals surface area (Å²) in [6, 6.07) is 0. The monoisotopic (exact) mass is 410 g/mol. The molecule has 0 aromatic heterocycles. The van der Waals surface area contributed by atoms with E-state index in [1.54, 1.807) is 13.8 Å². The minimum Gasteiger partial charge on any atom is -0.459 e. The van der Waals surface area contributed by atoms with E-state index in [1.165, 1.54) is 6.92 Å². The van der Waals surface area contributed by atoms with Crippen molar-refractivity contribution >= 4 is 5.97 Å². The van der Waals surface area contributed by atoms with Crippen LogP contribution in [-0.2, 0) is 14.3 Å². The van der Waals surface area contributed by atoms with Crippen LogP contribution in [0.3, 0.4) is 0 Å². The molecule has 0 amide bonds. The Morgan fingerprint density at radius 3 is 2.38 bits per heavy atom. The molecule has 1 aliphatic heterocycles. The van der Waals surface area contributed by atoms with E-state index in [2.05, 4.69) is 0 Å². The Balaban J connectivity index is 1.71. The number of carbonyl (C=O) groups is 1. The molecule has 1 spiro atoms. The summed E-state index contributed by atoms with van der Waals surface area (Å²) in [5, 5.41) is 46.6. The van der Waals surface area contributed by atoms with Crippen LogP contribution in [0.4, 0.5) is 0 Å². The number of ether oxygens (including phenoxy) is 2. The van der Waals surface area contributed by atoms with Gasteiger partial charge in [0, 0.05) is 29.6 Å². The highest BCUT2D eigenvalue weighted by atomic mass is 16.6. The molecule has 0 radical (unpaired) electrons. The molecule has 0 aromatic carbocycles. The number of carbonyl (C=O) groups excluding carboxylic acids is 1. The number of hydrogen-bond donors (Lipinski definition) is 4. The Bertz CT molecular complexity index is 760. The van der Waals surface area contributed by atoms with Gasteiger partial charge in [-0.25, -0.2) is 0 Å². The van der Waals surface area contributed by atoms with Gasteiger partial charge in [-0.15, -0.1) is 0 Å². The van der Waals surface area contributed by atoms with Gasteiger partial charge in [0.1, 0.15) is 11.7 Å². The summed E-state index contributed by atoms with van der Waals surface area (Å²) in [5.74, 6) is -1.78. The van der Waals surface area contributed by atoms with Gasteiger partial charge in [-0.2, -0.15) is 0 Å². The maximum atomic E-state index is 12.2. The molecule has 0 unspecified atom stereocenters. The zero-order valence-corrected chi connectivity index (χ0v) is 17.9. The van der Waals surface area contributed by atoms with Gasteiger partial charge in [-0.05, 0) is 45.4 Å². The van der Waals surface area contributed by atoms with Crippen molar-refractivity contribution in [1.82, 2.24) is 0 Å². The third kappa shape index (κ3) is 2.14. The van der Waals surface area contributed by atoms with Gasteiger partial charge < -0.3 is 29.9 Å².